The summed E-state index contributed by atoms with van der Waals surface area (Å²) in [5.41, 5.74) is -0.383. The molecule has 7 heteroatoms. The Balaban J connectivity index is 2.09. The van der Waals surface area contributed by atoms with Gasteiger partial charge >= 0.3 is 6.18 Å². The molecule has 2 nitrogen and oxygen atoms in total. The van der Waals surface area contributed by atoms with E-state index < -0.39 is 35.9 Å². The average Bonchev–Trinajstić information content (AvgIpc) is 2.20. The van der Waals surface area contributed by atoms with Crippen molar-refractivity contribution >= 4 is 0 Å². The number of hydrogen-bond donors (Lipinski definition) is 0. The third kappa shape index (κ3) is 4.09. The molecule has 0 N–H and O–H groups in total. The van der Waals surface area contributed by atoms with Crippen molar-refractivity contribution < 1.29 is 26.7 Å². The Morgan fingerprint density at radius 3 is 2.23 bits per heavy atom. The number of benzene rings is 1. The molecule has 1 saturated heterocycles. The summed E-state index contributed by atoms with van der Waals surface area (Å²) in [4.78, 5) is 1.18. The molecule has 1 aliphatic rings. The molecule has 0 aliphatic carbocycles. The lowest BCUT2D eigenvalue weighted by Crippen LogP contribution is -2.56. The highest BCUT2D eigenvalue weighted by molar-refractivity contribution is 5.40. The van der Waals surface area contributed by atoms with Gasteiger partial charge in [0.1, 0.15) is 23.5 Å². The monoisotopic (exact) mass is 323 g/mol. The van der Waals surface area contributed by atoms with Gasteiger partial charge in [0.25, 0.3) is 0 Å². The van der Waals surface area contributed by atoms with Gasteiger partial charge in [-0.2, -0.15) is 13.2 Å². The Hall–Kier alpha value is -1.37. The molecule has 0 atom stereocenters. The zero-order chi connectivity index (χ0) is 16.7. The number of rotatable bonds is 3. The third-order valence-corrected chi connectivity index (χ3v) is 3.39. The third-order valence-electron chi connectivity index (χ3n) is 3.39. The molecule has 22 heavy (non-hydrogen) atoms. The van der Waals surface area contributed by atoms with Crippen molar-refractivity contribution in [2.24, 2.45) is 0 Å². The summed E-state index contributed by atoms with van der Waals surface area (Å²) >= 11 is 0. The van der Waals surface area contributed by atoms with E-state index in [2.05, 4.69) is 0 Å². The zero-order valence-electron chi connectivity index (χ0n) is 12.6. The summed E-state index contributed by atoms with van der Waals surface area (Å²) in [5.74, 6) is -1.43. The lowest BCUT2D eigenvalue weighted by molar-refractivity contribution is -0.162. The Morgan fingerprint density at radius 1 is 1.14 bits per heavy atom. The minimum Gasteiger partial charge on any atom is -0.487 e. The lowest BCUT2D eigenvalue weighted by Gasteiger charge is -2.40. The standard InChI is InChI=1S/C15H18F5NO/c1-14(2,3)13-11(17)4-9(16)5-12(13)22-10-6-21(7-10)8-15(18,19)20/h4-5,10H,6-8H2,1-3H3. The van der Waals surface area contributed by atoms with Crippen LogP contribution in [-0.2, 0) is 5.41 Å². The number of halogens is 5. The number of nitrogens with zero attached hydrogens (tertiary/aromatic N) is 1. The van der Waals surface area contributed by atoms with E-state index in [1.165, 1.54) is 4.90 Å². The first-order chi connectivity index (χ1) is 9.95. The zero-order valence-corrected chi connectivity index (χ0v) is 12.6. The fourth-order valence-corrected chi connectivity index (χ4v) is 2.53. The predicted octanol–water partition coefficient (Wildman–Crippen LogP) is 3.89. The fraction of sp³-hybridized carbons (Fsp3) is 0.600. The van der Waals surface area contributed by atoms with Gasteiger partial charge in [-0.25, -0.2) is 8.78 Å². The van der Waals surface area contributed by atoms with E-state index >= 15 is 0 Å². The molecule has 2 rings (SSSR count). The van der Waals surface area contributed by atoms with Gasteiger partial charge in [-0.3, -0.25) is 4.90 Å². The van der Waals surface area contributed by atoms with Gasteiger partial charge in [0.15, 0.2) is 0 Å². The Morgan fingerprint density at radius 2 is 1.73 bits per heavy atom. The summed E-state index contributed by atoms with van der Waals surface area (Å²) in [6.45, 7) is 4.44. The van der Waals surface area contributed by atoms with E-state index in [1.807, 2.05) is 0 Å². The summed E-state index contributed by atoms with van der Waals surface area (Å²) in [7, 11) is 0. The molecule has 1 fully saturated rings. The van der Waals surface area contributed by atoms with Gasteiger partial charge in [-0.1, -0.05) is 20.8 Å². The van der Waals surface area contributed by atoms with E-state index in [9.17, 15) is 22.0 Å². The maximum atomic E-state index is 14.0. The molecule has 1 aromatic rings. The maximum Gasteiger partial charge on any atom is 0.401 e. The second-order valence-corrected chi connectivity index (χ2v) is 6.56. The smallest absolute Gasteiger partial charge is 0.401 e. The quantitative estimate of drug-likeness (QED) is 0.783. The molecular weight excluding hydrogens is 305 g/mol. The van der Waals surface area contributed by atoms with E-state index in [-0.39, 0.29) is 24.4 Å². The van der Waals surface area contributed by atoms with Gasteiger partial charge in [-0.05, 0) is 5.41 Å². The molecule has 1 heterocycles. The number of likely N-dealkylation sites (tertiary alicyclic amines) is 1. The first kappa shape index (κ1) is 17.0. The number of hydrogen-bond acceptors (Lipinski definition) is 2. The summed E-state index contributed by atoms with van der Waals surface area (Å²) in [6.07, 6.45) is -4.75. The molecule has 124 valence electrons. The first-order valence-electron chi connectivity index (χ1n) is 6.91. The van der Waals surface area contributed by atoms with Crippen LogP contribution in [0.2, 0.25) is 0 Å². The summed E-state index contributed by atoms with van der Waals surface area (Å²) in [6, 6.07) is 1.86. The molecule has 1 aromatic carbocycles. The van der Waals surface area contributed by atoms with Crippen LogP contribution >= 0.6 is 0 Å². The number of alkyl halides is 3. The summed E-state index contributed by atoms with van der Waals surface area (Å²) in [5, 5.41) is 0. The molecule has 0 amide bonds. The van der Waals surface area contributed by atoms with E-state index in [0.29, 0.717) is 0 Å². The predicted molar refractivity (Wildman–Crippen MR) is 72.0 cm³/mol. The number of ether oxygens (including phenoxy) is 1. The van der Waals surface area contributed by atoms with Crippen LogP contribution < -0.4 is 4.74 Å². The maximum absolute atomic E-state index is 14.0. The molecule has 0 spiro atoms. The fourth-order valence-electron chi connectivity index (χ4n) is 2.53. The lowest BCUT2D eigenvalue weighted by atomic mass is 9.85. The minimum absolute atomic E-state index is 0.0571. The molecule has 0 aromatic heterocycles. The van der Waals surface area contributed by atoms with Crippen LogP contribution in [-0.4, -0.2) is 36.8 Å². The normalized spacial score (nSPS) is 17.5. The van der Waals surface area contributed by atoms with Crippen LogP contribution in [0.3, 0.4) is 0 Å². The summed E-state index contributed by atoms with van der Waals surface area (Å²) < 4.78 is 69.6. The van der Waals surface area contributed by atoms with Crippen LogP contribution in [0, 0.1) is 11.6 Å². The first-order valence-corrected chi connectivity index (χ1v) is 6.91. The topological polar surface area (TPSA) is 12.5 Å². The van der Waals surface area contributed by atoms with Crippen LogP contribution in [0.4, 0.5) is 22.0 Å². The molecular formula is C15H18F5NO. The van der Waals surface area contributed by atoms with Crippen molar-refractivity contribution in [2.75, 3.05) is 19.6 Å². The molecule has 0 unspecified atom stereocenters. The van der Waals surface area contributed by atoms with Crippen molar-refractivity contribution in [1.82, 2.24) is 4.90 Å². The van der Waals surface area contributed by atoms with Crippen molar-refractivity contribution in [3.8, 4) is 5.75 Å². The highest BCUT2D eigenvalue weighted by Crippen LogP contribution is 2.36. The van der Waals surface area contributed by atoms with Crippen LogP contribution in [0.5, 0.6) is 5.75 Å². The van der Waals surface area contributed by atoms with Gasteiger partial charge < -0.3 is 4.74 Å². The molecule has 0 radical (unpaired) electrons. The Kier molecular flexibility index (Phi) is 4.39. The van der Waals surface area contributed by atoms with Gasteiger partial charge in [-0.15, -0.1) is 0 Å². The van der Waals surface area contributed by atoms with Crippen molar-refractivity contribution in [1.29, 1.82) is 0 Å². The van der Waals surface area contributed by atoms with E-state index in [1.54, 1.807) is 20.8 Å². The van der Waals surface area contributed by atoms with Gasteiger partial charge in [0.2, 0.25) is 0 Å². The molecule has 0 saturated carbocycles. The minimum atomic E-state index is -4.26. The molecule has 0 bridgehead atoms. The Bertz CT molecular complexity index is 544. The second kappa shape index (κ2) is 5.68. The van der Waals surface area contributed by atoms with Crippen LogP contribution in [0.25, 0.3) is 0 Å². The van der Waals surface area contributed by atoms with Crippen LogP contribution in [0.15, 0.2) is 12.1 Å². The molecule has 1 aliphatic heterocycles. The van der Waals surface area contributed by atoms with Crippen molar-refractivity contribution in [3.63, 3.8) is 0 Å². The average molecular weight is 323 g/mol. The highest BCUT2D eigenvalue weighted by Gasteiger charge is 2.38. The van der Waals surface area contributed by atoms with E-state index in [4.69, 9.17) is 4.74 Å². The highest BCUT2D eigenvalue weighted by atomic mass is 19.4. The van der Waals surface area contributed by atoms with Gasteiger partial charge in [0.05, 0.1) is 6.54 Å². The van der Waals surface area contributed by atoms with Gasteiger partial charge in [0, 0.05) is 30.8 Å². The second-order valence-electron chi connectivity index (χ2n) is 6.56. The van der Waals surface area contributed by atoms with E-state index in [0.717, 1.165) is 12.1 Å². The van der Waals surface area contributed by atoms with Crippen LogP contribution in [0.1, 0.15) is 26.3 Å². The van der Waals surface area contributed by atoms with Crippen molar-refractivity contribution in [2.45, 2.75) is 38.5 Å². The Labute approximate surface area is 125 Å². The SMILES string of the molecule is CC(C)(C)c1c(F)cc(F)cc1OC1CN(CC(F)(F)F)C1. The largest absolute Gasteiger partial charge is 0.487 e. The van der Waals surface area contributed by atoms with Crippen molar-refractivity contribution in [3.05, 3.63) is 29.3 Å².